The summed E-state index contributed by atoms with van der Waals surface area (Å²) in [6.07, 6.45) is 2.13. The van der Waals surface area contributed by atoms with Crippen LogP contribution in [-0.2, 0) is 5.60 Å². The predicted molar refractivity (Wildman–Crippen MR) is 106 cm³/mol. The Morgan fingerprint density at radius 3 is 2.83 bits per heavy atom. The third kappa shape index (κ3) is 2.94. The average Bonchev–Trinajstić information content (AvgIpc) is 3.22. The molecule has 3 N–H and O–H groups in total. The maximum Gasteiger partial charge on any atom is 0.277 e. The highest BCUT2D eigenvalue weighted by atomic mass is 32.1. The molecule has 0 radical (unpaired) electrons. The first-order chi connectivity index (χ1) is 13.8. The summed E-state index contributed by atoms with van der Waals surface area (Å²) in [6, 6.07) is 6.00. The summed E-state index contributed by atoms with van der Waals surface area (Å²) in [5.74, 6) is 6.78. The van der Waals surface area contributed by atoms with Crippen LogP contribution in [0.2, 0.25) is 0 Å². The van der Waals surface area contributed by atoms with Gasteiger partial charge < -0.3 is 15.4 Å². The van der Waals surface area contributed by atoms with Crippen LogP contribution in [0, 0.1) is 18.8 Å². The normalized spacial score (nSPS) is 20.9. The molecule has 2 heterocycles. The average molecular weight is 406 g/mol. The van der Waals surface area contributed by atoms with Crippen molar-refractivity contribution in [2.75, 3.05) is 0 Å². The van der Waals surface area contributed by atoms with Crippen LogP contribution in [0.4, 0.5) is 0 Å². The number of carbonyl (C=O) groups excluding carboxylic acids is 1. The lowest BCUT2D eigenvalue weighted by Gasteiger charge is -2.33. The number of aryl methyl sites for hydroxylation is 1. The second-order valence-corrected chi connectivity index (χ2v) is 8.75. The van der Waals surface area contributed by atoms with Crippen LogP contribution in [0.1, 0.15) is 69.1 Å². The van der Waals surface area contributed by atoms with E-state index in [4.69, 9.17) is 10.3 Å². The molecule has 1 unspecified atom stereocenters. The first-order valence-electron chi connectivity index (χ1n) is 9.33. The van der Waals surface area contributed by atoms with Crippen molar-refractivity contribution in [3.8, 4) is 23.1 Å². The number of rotatable bonds is 2. The summed E-state index contributed by atoms with van der Waals surface area (Å²) in [5.41, 5.74) is 7.74. The number of hydrogen-bond acceptors (Lipinski definition) is 7. The Labute approximate surface area is 171 Å². The molecule has 2 bridgehead atoms. The molecule has 3 aliphatic carbocycles. The highest BCUT2D eigenvalue weighted by Gasteiger charge is 2.40. The van der Waals surface area contributed by atoms with E-state index in [-0.39, 0.29) is 5.82 Å². The molecule has 2 aromatic heterocycles. The molecule has 0 aliphatic heterocycles. The fourth-order valence-electron chi connectivity index (χ4n) is 3.93. The van der Waals surface area contributed by atoms with E-state index < -0.39 is 11.5 Å². The van der Waals surface area contributed by atoms with E-state index >= 15 is 0 Å². The van der Waals surface area contributed by atoms with Crippen molar-refractivity contribution < 1.29 is 14.4 Å². The van der Waals surface area contributed by atoms with Crippen molar-refractivity contribution in [3.63, 3.8) is 0 Å². The third-order valence-corrected chi connectivity index (χ3v) is 6.77. The molecular weight excluding hydrogens is 388 g/mol. The van der Waals surface area contributed by atoms with Gasteiger partial charge in [0.1, 0.15) is 0 Å². The number of benzene rings is 1. The van der Waals surface area contributed by atoms with Crippen molar-refractivity contribution in [2.45, 2.75) is 44.1 Å². The molecule has 1 saturated carbocycles. The summed E-state index contributed by atoms with van der Waals surface area (Å²) in [7, 11) is 0. The summed E-state index contributed by atoms with van der Waals surface area (Å²) in [5, 5.41) is 14.7. The van der Waals surface area contributed by atoms with Crippen molar-refractivity contribution in [2.24, 2.45) is 5.73 Å². The second kappa shape index (κ2) is 6.24. The minimum absolute atomic E-state index is 0.131. The van der Waals surface area contributed by atoms with Gasteiger partial charge in [0.25, 0.3) is 5.91 Å². The molecule has 8 heteroatoms. The Bertz CT molecular complexity index is 1210. The number of nitrogens with zero attached hydrogens (tertiary/aromatic N) is 3. The summed E-state index contributed by atoms with van der Waals surface area (Å²) >= 11 is 1.40. The molecule has 7 nitrogen and oxygen atoms in total. The van der Waals surface area contributed by atoms with Gasteiger partial charge in [-0.2, -0.15) is 4.98 Å². The molecule has 6 rings (SSSR count). The molecule has 1 atom stereocenters. The van der Waals surface area contributed by atoms with Gasteiger partial charge in [-0.3, -0.25) is 4.79 Å². The maximum absolute atomic E-state index is 11.7. The second-order valence-electron chi connectivity index (χ2n) is 7.72. The maximum atomic E-state index is 11.7. The van der Waals surface area contributed by atoms with E-state index in [1.54, 1.807) is 6.92 Å². The van der Waals surface area contributed by atoms with Crippen molar-refractivity contribution in [1.29, 1.82) is 0 Å². The van der Waals surface area contributed by atoms with E-state index in [9.17, 15) is 9.90 Å². The Hall–Kier alpha value is -3.02. The van der Waals surface area contributed by atoms with Crippen LogP contribution in [0.25, 0.3) is 11.3 Å². The molecule has 146 valence electrons. The van der Waals surface area contributed by atoms with Gasteiger partial charge in [0.15, 0.2) is 10.6 Å². The number of thiazole rings is 1. The monoisotopic (exact) mass is 406 g/mol. The summed E-state index contributed by atoms with van der Waals surface area (Å²) in [4.78, 5) is 21.4. The molecule has 0 saturated heterocycles. The lowest BCUT2D eigenvalue weighted by atomic mass is 9.72. The van der Waals surface area contributed by atoms with E-state index in [0.29, 0.717) is 22.7 Å². The van der Waals surface area contributed by atoms with Crippen LogP contribution >= 0.6 is 11.3 Å². The van der Waals surface area contributed by atoms with Gasteiger partial charge >= 0.3 is 0 Å². The van der Waals surface area contributed by atoms with Crippen molar-refractivity contribution >= 4 is 17.2 Å². The number of nitrogens with two attached hydrogens (primary N) is 1. The standard InChI is InChI=1S/C21H18N4O3S/c1-10-23-20(25-28-10)21(2,27)6-5-11-3-4-14-12-8-13(9-12)17-16(15(14)7-11)24-19(29-17)18(22)26/h3-4,7,12-13,27H,8-9H2,1-2H3,(H2,22,26). The molecule has 29 heavy (non-hydrogen) atoms. The van der Waals surface area contributed by atoms with Gasteiger partial charge in [0.05, 0.1) is 5.69 Å². The smallest absolute Gasteiger partial charge is 0.277 e. The van der Waals surface area contributed by atoms with Crippen LogP contribution in [0.15, 0.2) is 22.7 Å². The number of aliphatic hydroxyl groups is 1. The molecule has 3 aromatic rings. The fourth-order valence-corrected chi connectivity index (χ4v) is 4.99. The highest BCUT2D eigenvalue weighted by molar-refractivity contribution is 7.14. The molecule has 1 fully saturated rings. The fraction of sp³-hybridized carbons (Fsp3) is 0.333. The minimum Gasteiger partial charge on any atom is -0.371 e. The van der Waals surface area contributed by atoms with Crippen LogP contribution in [-0.4, -0.2) is 26.1 Å². The number of hydrogen-bond donors (Lipinski definition) is 2. The van der Waals surface area contributed by atoms with Crippen LogP contribution < -0.4 is 5.73 Å². The van der Waals surface area contributed by atoms with Gasteiger partial charge in [-0.05, 0) is 49.3 Å². The van der Waals surface area contributed by atoms with E-state index in [0.717, 1.165) is 34.5 Å². The van der Waals surface area contributed by atoms with Gasteiger partial charge in [-0.25, -0.2) is 4.98 Å². The van der Waals surface area contributed by atoms with Crippen LogP contribution in [0.3, 0.4) is 0 Å². The first kappa shape index (κ1) is 18.0. The number of aromatic nitrogens is 3. The number of carbonyl (C=O) groups is 1. The highest BCUT2D eigenvalue weighted by Crippen LogP contribution is 2.56. The minimum atomic E-state index is -1.53. The van der Waals surface area contributed by atoms with Gasteiger partial charge in [-0.1, -0.05) is 23.1 Å². The zero-order valence-corrected chi connectivity index (χ0v) is 16.7. The van der Waals surface area contributed by atoms with Gasteiger partial charge in [0, 0.05) is 22.9 Å². The predicted octanol–water partition coefficient (Wildman–Crippen LogP) is 2.83. The molecule has 0 spiro atoms. The van der Waals surface area contributed by atoms with E-state index in [1.165, 1.54) is 23.8 Å². The third-order valence-electron chi connectivity index (χ3n) is 5.53. The number of primary amides is 1. The van der Waals surface area contributed by atoms with E-state index in [1.807, 2.05) is 12.1 Å². The Morgan fingerprint density at radius 1 is 1.34 bits per heavy atom. The molecule has 1 aromatic carbocycles. The Balaban J connectivity index is 1.57. The van der Waals surface area contributed by atoms with Crippen molar-refractivity contribution in [1.82, 2.24) is 15.1 Å². The first-order valence-corrected chi connectivity index (χ1v) is 10.1. The largest absolute Gasteiger partial charge is 0.371 e. The number of amides is 1. The molecular formula is C21H18N4O3S. The van der Waals surface area contributed by atoms with Gasteiger partial charge in [0.2, 0.25) is 11.7 Å². The lowest BCUT2D eigenvalue weighted by molar-refractivity contribution is 0.0999. The quantitative estimate of drug-likeness (QED) is 0.633. The molecule has 1 amide bonds. The Kier molecular flexibility index (Phi) is 3.88. The molecule has 3 aliphatic rings. The Morgan fingerprint density at radius 2 is 2.14 bits per heavy atom. The van der Waals surface area contributed by atoms with Crippen molar-refractivity contribution in [3.05, 3.63) is 50.9 Å². The zero-order valence-electron chi connectivity index (χ0n) is 15.9. The van der Waals surface area contributed by atoms with Crippen LogP contribution in [0.5, 0.6) is 0 Å². The SMILES string of the molecule is Cc1nc(C(C)(O)C#Cc2ccc3c(c2)-c2nc(C(N)=O)sc2C2CC3C2)no1. The van der Waals surface area contributed by atoms with Gasteiger partial charge in [-0.15, -0.1) is 11.3 Å². The zero-order chi connectivity index (χ0) is 20.3. The summed E-state index contributed by atoms with van der Waals surface area (Å²) in [6.45, 7) is 3.18. The summed E-state index contributed by atoms with van der Waals surface area (Å²) < 4.78 is 4.93. The van der Waals surface area contributed by atoms with E-state index in [2.05, 4.69) is 33.0 Å². The lowest BCUT2D eigenvalue weighted by Crippen LogP contribution is -2.20. The topological polar surface area (TPSA) is 115 Å².